The van der Waals surface area contributed by atoms with Crippen LogP contribution in [0.25, 0.3) is 23.3 Å². The van der Waals surface area contributed by atoms with E-state index in [1.165, 1.54) is 0 Å². The lowest BCUT2D eigenvalue weighted by Gasteiger charge is -2.13. The fraction of sp³-hybridized carbons (Fsp3) is 0. The van der Waals surface area contributed by atoms with Crippen LogP contribution in [0.3, 0.4) is 0 Å². The summed E-state index contributed by atoms with van der Waals surface area (Å²) in [5, 5.41) is 1.67. The van der Waals surface area contributed by atoms with Crippen molar-refractivity contribution in [2.75, 3.05) is 0 Å². The molecule has 0 atom stereocenters. The molecule has 0 fully saturated rings. The lowest BCUT2D eigenvalue weighted by atomic mass is 9.95. The molecular weight excluding hydrogens is 324 g/mol. The van der Waals surface area contributed by atoms with Crippen LogP contribution in [-0.4, -0.2) is 27.2 Å². The molecule has 4 aliphatic heterocycles. The Morgan fingerprint density at radius 2 is 1.77 bits per heavy atom. The summed E-state index contributed by atoms with van der Waals surface area (Å²) in [6.07, 6.45) is 11.7. The van der Waals surface area contributed by atoms with Crippen molar-refractivity contribution in [1.29, 1.82) is 0 Å². The number of carbonyl (C=O) groups is 1. The molecule has 6 heterocycles. The maximum absolute atomic E-state index is 13.3. The first-order valence-corrected chi connectivity index (χ1v) is 8.40. The van der Waals surface area contributed by atoms with Gasteiger partial charge in [-0.05, 0) is 60.7 Å². The lowest BCUT2D eigenvalue weighted by molar-refractivity contribution is -0.108. The minimum Gasteiger partial charge on any atom is -0.355 e. The highest BCUT2D eigenvalue weighted by Gasteiger charge is 2.31. The van der Waals surface area contributed by atoms with Crippen LogP contribution in [0.5, 0.6) is 0 Å². The van der Waals surface area contributed by atoms with Gasteiger partial charge in [0.1, 0.15) is 0 Å². The molecule has 0 aliphatic carbocycles. The third-order valence-corrected chi connectivity index (χ3v) is 4.85. The summed E-state index contributed by atoms with van der Waals surface area (Å²) >= 11 is 0. The lowest BCUT2D eigenvalue weighted by Crippen LogP contribution is -2.25. The standard InChI is InChI=1S/C21H12N4O/c26-21-19-15-5-3-13(23-15)9-11-1-2-12(22-11)10-14-4-6-16(24-14)20(21)18-8-7-17(19)25-18/h1-10,23-24H. The second-order valence-corrected chi connectivity index (χ2v) is 6.53. The predicted octanol–water partition coefficient (Wildman–Crippen LogP) is 1.64. The van der Waals surface area contributed by atoms with Crippen LogP contribution in [0, 0.1) is 0 Å². The van der Waals surface area contributed by atoms with E-state index in [1.807, 2.05) is 60.7 Å². The zero-order chi connectivity index (χ0) is 17.3. The van der Waals surface area contributed by atoms with Crippen molar-refractivity contribution < 1.29 is 4.79 Å². The van der Waals surface area contributed by atoms with E-state index < -0.39 is 0 Å². The average molecular weight is 336 g/mol. The molecule has 122 valence electrons. The Morgan fingerprint density at radius 1 is 0.808 bits per heavy atom. The number of aliphatic imine (C=N–C) groups is 2. The number of hydrogen-bond donors (Lipinski definition) is 2. The maximum Gasteiger partial charge on any atom is 0.201 e. The van der Waals surface area contributed by atoms with E-state index >= 15 is 0 Å². The number of rotatable bonds is 0. The van der Waals surface area contributed by atoms with E-state index in [2.05, 4.69) is 20.0 Å². The summed E-state index contributed by atoms with van der Waals surface area (Å²) in [4.78, 5) is 29.2. The van der Waals surface area contributed by atoms with Crippen molar-refractivity contribution in [1.82, 2.24) is 9.97 Å². The molecule has 0 saturated carbocycles. The highest BCUT2D eigenvalue weighted by molar-refractivity contribution is 6.59. The maximum atomic E-state index is 13.3. The summed E-state index contributed by atoms with van der Waals surface area (Å²) < 4.78 is 0. The molecule has 6 rings (SSSR count). The fourth-order valence-electron chi connectivity index (χ4n) is 3.68. The first-order chi connectivity index (χ1) is 12.7. The summed E-state index contributed by atoms with van der Waals surface area (Å²) in [6, 6.07) is 7.76. The Bertz CT molecular complexity index is 1330. The van der Waals surface area contributed by atoms with Crippen molar-refractivity contribution in [3.05, 3.63) is 82.0 Å². The monoisotopic (exact) mass is 336 g/mol. The van der Waals surface area contributed by atoms with E-state index in [9.17, 15) is 4.79 Å². The molecule has 0 aromatic carbocycles. The van der Waals surface area contributed by atoms with Crippen LogP contribution >= 0.6 is 0 Å². The van der Waals surface area contributed by atoms with Crippen LogP contribution in [0.15, 0.2) is 69.9 Å². The Labute approximate surface area is 147 Å². The summed E-state index contributed by atoms with van der Waals surface area (Å²) in [5.74, 6) is -0.0139. The van der Waals surface area contributed by atoms with Crippen molar-refractivity contribution >= 4 is 40.5 Å². The SMILES string of the molecule is O=C1C2=C3C=CC(=N3)C1=c1ccc([nH]1)=CC1=NC(=Cc3ccc2[nH]3)C=C1. The molecule has 0 amide bonds. The normalized spacial score (nSPS) is 19.3. The third-order valence-electron chi connectivity index (χ3n) is 4.85. The van der Waals surface area contributed by atoms with Gasteiger partial charge in [0.25, 0.3) is 0 Å². The van der Waals surface area contributed by atoms with Crippen molar-refractivity contribution in [2.45, 2.75) is 0 Å². The van der Waals surface area contributed by atoms with Crippen molar-refractivity contribution in [2.24, 2.45) is 9.98 Å². The highest BCUT2D eigenvalue weighted by atomic mass is 16.1. The molecule has 10 bridgehead atoms. The van der Waals surface area contributed by atoms with Gasteiger partial charge < -0.3 is 9.97 Å². The fourth-order valence-corrected chi connectivity index (χ4v) is 3.68. The number of aromatic amines is 2. The molecule has 4 aliphatic rings. The average Bonchev–Trinajstić information content (AvgIpc) is 3.38. The Morgan fingerprint density at radius 3 is 2.73 bits per heavy atom. The molecule has 0 radical (unpaired) electrons. The first kappa shape index (κ1) is 13.5. The number of nitrogens with one attached hydrogen (secondary N) is 2. The van der Waals surface area contributed by atoms with Gasteiger partial charge in [-0.25, -0.2) is 9.98 Å². The van der Waals surface area contributed by atoms with E-state index in [0.717, 1.165) is 33.5 Å². The number of nitrogens with zero attached hydrogens (tertiary/aromatic N) is 2. The number of H-pyrrole nitrogens is 2. The van der Waals surface area contributed by atoms with E-state index in [0.29, 0.717) is 22.6 Å². The van der Waals surface area contributed by atoms with E-state index in [-0.39, 0.29) is 5.78 Å². The minimum atomic E-state index is -0.0139. The van der Waals surface area contributed by atoms with Gasteiger partial charge in [-0.3, -0.25) is 4.79 Å². The van der Waals surface area contributed by atoms with Crippen LogP contribution < -0.4 is 10.7 Å². The van der Waals surface area contributed by atoms with Gasteiger partial charge in [0.05, 0.1) is 45.0 Å². The minimum absolute atomic E-state index is 0.0139. The van der Waals surface area contributed by atoms with Crippen LogP contribution in [-0.2, 0) is 4.79 Å². The van der Waals surface area contributed by atoms with Gasteiger partial charge >= 0.3 is 0 Å². The molecule has 5 nitrogen and oxygen atoms in total. The third kappa shape index (κ3) is 1.82. The number of allylic oxidation sites excluding steroid dienone is 5. The summed E-state index contributed by atoms with van der Waals surface area (Å²) in [7, 11) is 0. The van der Waals surface area contributed by atoms with E-state index in [4.69, 9.17) is 0 Å². The predicted molar refractivity (Wildman–Crippen MR) is 102 cm³/mol. The van der Waals surface area contributed by atoms with Crippen molar-refractivity contribution in [3.63, 3.8) is 0 Å². The Balaban J connectivity index is 1.74. The number of ketones is 1. The second-order valence-electron chi connectivity index (χ2n) is 6.53. The number of hydrogen-bond acceptors (Lipinski definition) is 3. The van der Waals surface area contributed by atoms with Gasteiger partial charge in [-0.2, -0.15) is 0 Å². The molecule has 0 spiro atoms. The molecule has 5 heteroatoms. The van der Waals surface area contributed by atoms with Gasteiger partial charge in [0, 0.05) is 11.0 Å². The summed E-state index contributed by atoms with van der Waals surface area (Å²) in [6.45, 7) is 0. The highest BCUT2D eigenvalue weighted by Crippen LogP contribution is 2.33. The number of aromatic nitrogens is 2. The largest absolute Gasteiger partial charge is 0.355 e. The molecule has 2 aromatic heterocycles. The first-order valence-electron chi connectivity index (χ1n) is 8.40. The smallest absolute Gasteiger partial charge is 0.201 e. The topological polar surface area (TPSA) is 73.4 Å². The Kier molecular flexibility index (Phi) is 2.43. The molecule has 2 N–H and O–H groups in total. The molecule has 0 unspecified atom stereocenters. The molecule has 2 aromatic rings. The second kappa shape index (κ2) is 4.67. The molecular formula is C21H12N4O. The van der Waals surface area contributed by atoms with Crippen LogP contribution in [0.2, 0.25) is 0 Å². The molecule has 26 heavy (non-hydrogen) atoms. The number of carbonyl (C=O) groups excluding carboxylic acids is 1. The molecule has 0 saturated heterocycles. The zero-order valence-electron chi connectivity index (χ0n) is 13.6. The Hall–Kier alpha value is -3.73. The van der Waals surface area contributed by atoms with E-state index in [1.54, 1.807) is 0 Å². The summed E-state index contributed by atoms with van der Waals surface area (Å²) in [5.41, 5.74) is 6.04. The van der Waals surface area contributed by atoms with Crippen LogP contribution in [0.1, 0.15) is 11.4 Å². The quantitative estimate of drug-likeness (QED) is 0.754. The van der Waals surface area contributed by atoms with Gasteiger partial charge in [0.2, 0.25) is 5.78 Å². The number of fused-ring (bicyclic) bond motifs is 10. The van der Waals surface area contributed by atoms with Crippen molar-refractivity contribution in [3.8, 4) is 0 Å². The zero-order valence-corrected chi connectivity index (χ0v) is 13.6. The number of Topliss-reactive ketones (excluding diaryl/α,β-unsaturated/α-hetero) is 1. The van der Waals surface area contributed by atoms with Crippen LogP contribution in [0.4, 0.5) is 0 Å². The van der Waals surface area contributed by atoms with Gasteiger partial charge in [-0.1, -0.05) is 0 Å². The van der Waals surface area contributed by atoms with Gasteiger partial charge in [0.15, 0.2) is 0 Å². The van der Waals surface area contributed by atoms with Gasteiger partial charge in [-0.15, -0.1) is 0 Å².